The molecule has 0 saturated carbocycles. The van der Waals surface area contributed by atoms with E-state index >= 15 is 0 Å². The number of nitrogens with one attached hydrogen (secondary N) is 2. The number of carbonyl (C=O) groups is 1. The number of aliphatic hydroxyl groups is 1. The minimum atomic E-state index is -5.08. The summed E-state index contributed by atoms with van der Waals surface area (Å²) < 4.78 is 70.5. The number of carboxylic acid groups (broad SMARTS) is 1. The average molecular weight is 537 g/mol. The van der Waals surface area contributed by atoms with Crippen molar-refractivity contribution in [3.8, 4) is 11.3 Å². The van der Waals surface area contributed by atoms with Crippen LogP contribution in [0.5, 0.6) is 0 Å². The van der Waals surface area contributed by atoms with Crippen LogP contribution in [0.2, 0.25) is 5.02 Å². The predicted molar refractivity (Wildman–Crippen MR) is 121 cm³/mol. The maximum absolute atomic E-state index is 12.9. The van der Waals surface area contributed by atoms with E-state index in [0.717, 1.165) is 11.6 Å². The van der Waals surface area contributed by atoms with Gasteiger partial charge in [-0.15, -0.1) is 0 Å². The number of halogens is 7. The fourth-order valence-electron chi connectivity index (χ4n) is 2.70. The fraction of sp³-hybridized carbons (Fsp3) is 0.227. The molecule has 1 aromatic heterocycles. The summed E-state index contributed by atoms with van der Waals surface area (Å²) in [4.78, 5) is 17.4. The van der Waals surface area contributed by atoms with E-state index in [9.17, 15) is 31.4 Å². The molecule has 1 heterocycles. The third kappa shape index (κ3) is 8.27. The van der Waals surface area contributed by atoms with Gasteiger partial charge in [-0.25, -0.2) is 9.78 Å². The molecule has 3 aromatic rings. The van der Waals surface area contributed by atoms with E-state index in [-0.39, 0.29) is 12.5 Å². The van der Waals surface area contributed by atoms with Gasteiger partial charge in [0.15, 0.2) is 0 Å². The van der Waals surface area contributed by atoms with Crippen molar-refractivity contribution < 1.29 is 41.4 Å². The number of aliphatic carboxylic acids is 1. The van der Waals surface area contributed by atoms with Crippen LogP contribution in [-0.4, -0.2) is 45.9 Å². The molecule has 1 atom stereocenters. The first-order chi connectivity index (χ1) is 16.7. The Morgan fingerprint density at radius 3 is 2.14 bits per heavy atom. The molecular weight excluding hydrogens is 518 g/mol. The minimum absolute atomic E-state index is 0.192. The van der Waals surface area contributed by atoms with Crippen molar-refractivity contribution in [3.63, 3.8) is 0 Å². The van der Waals surface area contributed by atoms with Gasteiger partial charge in [-0.2, -0.15) is 31.3 Å². The molecule has 0 spiro atoms. The van der Waals surface area contributed by atoms with Crippen LogP contribution in [0.25, 0.3) is 11.3 Å². The zero-order chi connectivity index (χ0) is 27.1. The lowest BCUT2D eigenvalue weighted by Gasteiger charge is -2.14. The number of carboxylic acids is 1. The molecule has 0 amide bonds. The SMILES string of the molecule is CNc1nc(NC[C@H](O)c2ccccc2)cc(-c2ccc(C(F)(F)F)c(Cl)c2)n1.O=C(O)C(F)(F)F. The fourth-order valence-corrected chi connectivity index (χ4v) is 2.98. The van der Waals surface area contributed by atoms with Crippen molar-refractivity contribution in [1.82, 2.24) is 9.97 Å². The standard InChI is InChI=1S/C20H18ClF3N4O.C2HF3O2/c1-25-19-27-16(13-7-8-14(15(21)9-13)20(22,23)24)10-18(28-19)26-11-17(29)12-5-3-2-4-6-12;3-2(4,5)1(6)7/h2-10,17,29H,11H2,1H3,(H2,25,26,27,28);(H,6,7)/t17-;/m0./s1. The summed E-state index contributed by atoms with van der Waals surface area (Å²) in [7, 11) is 1.63. The highest BCUT2D eigenvalue weighted by atomic mass is 35.5. The first-order valence-electron chi connectivity index (χ1n) is 9.93. The van der Waals surface area contributed by atoms with Crippen LogP contribution in [0.1, 0.15) is 17.2 Å². The summed E-state index contributed by atoms with van der Waals surface area (Å²) in [6.07, 6.45) is -10.4. The molecule has 0 radical (unpaired) electrons. The van der Waals surface area contributed by atoms with Crippen LogP contribution in [-0.2, 0) is 11.0 Å². The van der Waals surface area contributed by atoms with Gasteiger partial charge in [-0.3, -0.25) is 0 Å². The van der Waals surface area contributed by atoms with E-state index in [1.807, 2.05) is 18.2 Å². The van der Waals surface area contributed by atoms with Crippen molar-refractivity contribution >= 4 is 29.3 Å². The lowest BCUT2D eigenvalue weighted by Crippen LogP contribution is -2.21. The number of nitrogens with zero attached hydrogens (tertiary/aromatic N) is 2. The second-order valence-corrected chi connectivity index (χ2v) is 7.42. The number of aliphatic hydroxyl groups excluding tert-OH is 1. The topological polar surface area (TPSA) is 107 Å². The Hall–Kier alpha value is -3.58. The van der Waals surface area contributed by atoms with E-state index in [4.69, 9.17) is 21.5 Å². The molecule has 0 fully saturated rings. The smallest absolute Gasteiger partial charge is 0.475 e. The van der Waals surface area contributed by atoms with E-state index < -0.39 is 35.0 Å². The van der Waals surface area contributed by atoms with Gasteiger partial charge >= 0.3 is 18.3 Å². The second kappa shape index (κ2) is 11.9. The number of hydrogen-bond acceptors (Lipinski definition) is 6. The van der Waals surface area contributed by atoms with Crippen molar-refractivity contribution in [1.29, 1.82) is 0 Å². The van der Waals surface area contributed by atoms with E-state index in [0.29, 0.717) is 17.1 Å². The number of alkyl halides is 6. The highest BCUT2D eigenvalue weighted by Crippen LogP contribution is 2.36. The molecule has 2 aromatic carbocycles. The van der Waals surface area contributed by atoms with Crippen molar-refractivity contribution in [3.05, 3.63) is 70.7 Å². The van der Waals surface area contributed by atoms with Crippen LogP contribution >= 0.6 is 11.6 Å². The quantitative estimate of drug-likeness (QED) is 0.302. The molecule has 0 aliphatic carbocycles. The highest BCUT2D eigenvalue weighted by molar-refractivity contribution is 6.31. The van der Waals surface area contributed by atoms with Crippen molar-refractivity contribution in [2.75, 3.05) is 24.2 Å². The third-order valence-electron chi connectivity index (χ3n) is 4.42. The molecule has 14 heteroatoms. The summed E-state index contributed by atoms with van der Waals surface area (Å²) in [5, 5.41) is 22.8. The molecule has 4 N–H and O–H groups in total. The summed E-state index contributed by atoms with van der Waals surface area (Å²) in [5.74, 6) is -2.08. The maximum atomic E-state index is 12.9. The van der Waals surface area contributed by atoms with Crippen LogP contribution in [0.4, 0.5) is 38.1 Å². The zero-order valence-corrected chi connectivity index (χ0v) is 19.1. The van der Waals surface area contributed by atoms with Gasteiger partial charge in [-0.1, -0.05) is 48.0 Å². The molecule has 0 aliphatic rings. The number of rotatable bonds is 6. The predicted octanol–water partition coefficient (Wildman–Crippen LogP) is 5.64. The van der Waals surface area contributed by atoms with Gasteiger partial charge < -0.3 is 20.8 Å². The van der Waals surface area contributed by atoms with E-state index in [2.05, 4.69) is 20.6 Å². The van der Waals surface area contributed by atoms with Crippen LogP contribution in [0.3, 0.4) is 0 Å². The van der Waals surface area contributed by atoms with Crippen LogP contribution < -0.4 is 10.6 Å². The number of aromatic nitrogens is 2. The summed E-state index contributed by atoms with van der Waals surface area (Å²) in [6.45, 7) is 0.192. The van der Waals surface area contributed by atoms with Gasteiger partial charge in [0, 0.05) is 25.2 Å². The summed E-state index contributed by atoms with van der Waals surface area (Å²) >= 11 is 5.82. The molecular formula is C22H19ClF6N4O3. The maximum Gasteiger partial charge on any atom is 0.490 e. The molecule has 0 aliphatic heterocycles. The molecule has 36 heavy (non-hydrogen) atoms. The third-order valence-corrected chi connectivity index (χ3v) is 4.74. The first kappa shape index (κ1) is 28.7. The lowest BCUT2D eigenvalue weighted by atomic mass is 10.1. The van der Waals surface area contributed by atoms with Crippen LogP contribution in [0.15, 0.2) is 54.6 Å². The second-order valence-electron chi connectivity index (χ2n) is 7.01. The minimum Gasteiger partial charge on any atom is -0.475 e. The number of anilines is 2. The molecule has 0 bridgehead atoms. The van der Waals surface area contributed by atoms with Crippen LogP contribution in [0, 0.1) is 0 Å². The molecule has 7 nitrogen and oxygen atoms in total. The van der Waals surface area contributed by atoms with E-state index in [1.54, 1.807) is 25.2 Å². The number of benzene rings is 2. The van der Waals surface area contributed by atoms with E-state index in [1.165, 1.54) is 12.1 Å². The molecule has 194 valence electrons. The molecule has 3 rings (SSSR count). The van der Waals surface area contributed by atoms with Gasteiger partial charge in [-0.05, 0) is 17.7 Å². The Bertz CT molecular complexity index is 1180. The van der Waals surface area contributed by atoms with Crippen molar-refractivity contribution in [2.45, 2.75) is 18.5 Å². The first-order valence-corrected chi connectivity index (χ1v) is 10.3. The lowest BCUT2D eigenvalue weighted by molar-refractivity contribution is -0.192. The molecule has 0 unspecified atom stereocenters. The monoisotopic (exact) mass is 536 g/mol. The Morgan fingerprint density at radius 1 is 1.03 bits per heavy atom. The zero-order valence-electron chi connectivity index (χ0n) is 18.3. The Morgan fingerprint density at radius 2 is 1.64 bits per heavy atom. The highest BCUT2D eigenvalue weighted by Gasteiger charge is 2.38. The summed E-state index contributed by atoms with van der Waals surface area (Å²) in [6, 6.07) is 14.1. The average Bonchev–Trinajstić information content (AvgIpc) is 2.81. The van der Waals surface area contributed by atoms with Gasteiger partial charge in [0.05, 0.1) is 22.4 Å². The van der Waals surface area contributed by atoms with Gasteiger partial charge in [0.1, 0.15) is 5.82 Å². The number of hydrogen-bond donors (Lipinski definition) is 4. The Kier molecular flexibility index (Phi) is 9.48. The normalized spacial score (nSPS) is 12.2. The Balaban J connectivity index is 0.000000572. The largest absolute Gasteiger partial charge is 0.490 e. The van der Waals surface area contributed by atoms with Gasteiger partial charge in [0.2, 0.25) is 5.95 Å². The molecule has 0 saturated heterocycles. The van der Waals surface area contributed by atoms with Gasteiger partial charge in [0.25, 0.3) is 0 Å². The van der Waals surface area contributed by atoms with Crippen molar-refractivity contribution in [2.24, 2.45) is 0 Å². The Labute approximate surface area is 205 Å². The summed E-state index contributed by atoms with van der Waals surface area (Å²) in [5.41, 5.74) is 0.637.